The SMILES string of the molecule is CC1(C)O[C@H]2CCCC(O)C[C@H]2O1. The maximum Gasteiger partial charge on any atom is 0.163 e. The van der Waals surface area contributed by atoms with Gasteiger partial charge in [-0.25, -0.2) is 0 Å². The summed E-state index contributed by atoms with van der Waals surface area (Å²) in [6.07, 6.45) is 3.79. The standard InChI is InChI=1S/C10H18O3/c1-10(2)12-8-5-3-4-7(11)6-9(8)13-10/h7-9,11H,3-6H2,1-2H3/t7?,8-,9+/m0/s1. The molecule has 1 saturated carbocycles. The summed E-state index contributed by atoms with van der Waals surface area (Å²) in [5.41, 5.74) is 0. The first kappa shape index (κ1) is 9.44. The van der Waals surface area contributed by atoms with E-state index in [4.69, 9.17) is 9.47 Å². The molecule has 0 aromatic carbocycles. The van der Waals surface area contributed by atoms with Gasteiger partial charge < -0.3 is 14.6 Å². The second kappa shape index (κ2) is 3.23. The van der Waals surface area contributed by atoms with Gasteiger partial charge in [0.15, 0.2) is 5.79 Å². The van der Waals surface area contributed by atoms with E-state index in [0.29, 0.717) is 0 Å². The van der Waals surface area contributed by atoms with Crippen molar-refractivity contribution < 1.29 is 14.6 Å². The predicted molar refractivity (Wildman–Crippen MR) is 48.3 cm³/mol. The van der Waals surface area contributed by atoms with Gasteiger partial charge in [0.25, 0.3) is 0 Å². The molecule has 3 heteroatoms. The quantitative estimate of drug-likeness (QED) is 0.622. The van der Waals surface area contributed by atoms with Crippen LogP contribution in [0.5, 0.6) is 0 Å². The third-order valence-electron chi connectivity index (χ3n) is 2.82. The van der Waals surface area contributed by atoms with Crippen LogP contribution in [-0.2, 0) is 9.47 Å². The van der Waals surface area contributed by atoms with Crippen molar-refractivity contribution in [3.63, 3.8) is 0 Å². The average Bonchev–Trinajstić information content (AvgIpc) is 2.15. The highest BCUT2D eigenvalue weighted by atomic mass is 16.7. The number of rotatable bonds is 0. The van der Waals surface area contributed by atoms with Crippen molar-refractivity contribution in [2.24, 2.45) is 0 Å². The van der Waals surface area contributed by atoms with Gasteiger partial charge >= 0.3 is 0 Å². The Labute approximate surface area is 79.0 Å². The molecule has 1 saturated heterocycles. The summed E-state index contributed by atoms with van der Waals surface area (Å²) in [5, 5.41) is 9.57. The summed E-state index contributed by atoms with van der Waals surface area (Å²) < 4.78 is 11.5. The van der Waals surface area contributed by atoms with Crippen LogP contribution in [0.1, 0.15) is 39.5 Å². The molecule has 0 aromatic rings. The second-order valence-corrected chi connectivity index (χ2v) is 4.53. The van der Waals surface area contributed by atoms with Crippen LogP contribution in [0.3, 0.4) is 0 Å². The minimum atomic E-state index is -0.452. The van der Waals surface area contributed by atoms with E-state index in [-0.39, 0.29) is 18.3 Å². The van der Waals surface area contributed by atoms with E-state index in [9.17, 15) is 5.11 Å². The Bertz CT molecular complexity index is 191. The molecule has 1 aliphatic carbocycles. The lowest BCUT2D eigenvalue weighted by molar-refractivity contribution is -0.150. The van der Waals surface area contributed by atoms with Crippen LogP contribution in [0.4, 0.5) is 0 Å². The highest BCUT2D eigenvalue weighted by Gasteiger charge is 2.42. The molecule has 1 aliphatic heterocycles. The number of hydrogen-bond acceptors (Lipinski definition) is 3. The first-order chi connectivity index (χ1) is 6.07. The first-order valence-electron chi connectivity index (χ1n) is 5.10. The number of fused-ring (bicyclic) bond motifs is 1. The zero-order chi connectivity index (χ0) is 9.47. The van der Waals surface area contributed by atoms with Gasteiger partial charge in [-0.3, -0.25) is 0 Å². The third-order valence-corrected chi connectivity index (χ3v) is 2.82. The molecular weight excluding hydrogens is 168 g/mol. The molecule has 3 atom stereocenters. The zero-order valence-electron chi connectivity index (χ0n) is 8.32. The van der Waals surface area contributed by atoms with Gasteiger partial charge in [0.1, 0.15) is 0 Å². The number of hydrogen-bond donors (Lipinski definition) is 1. The highest BCUT2D eigenvalue weighted by molar-refractivity contribution is 4.85. The van der Waals surface area contributed by atoms with E-state index in [1.807, 2.05) is 13.8 Å². The number of aliphatic hydroxyl groups excluding tert-OH is 1. The fourth-order valence-corrected chi connectivity index (χ4v) is 2.29. The predicted octanol–water partition coefficient (Wildman–Crippen LogP) is 1.44. The topological polar surface area (TPSA) is 38.7 Å². The minimum absolute atomic E-state index is 0.104. The van der Waals surface area contributed by atoms with Gasteiger partial charge in [-0.15, -0.1) is 0 Å². The summed E-state index contributed by atoms with van der Waals surface area (Å²) in [6, 6.07) is 0. The molecule has 0 amide bonds. The van der Waals surface area contributed by atoms with Crippen molar-refractivity contribution in [1.82, 2.24) is 0 Å². The molecular formula is C10H18O3. The van der Waals surface area contributed by atoms with Crippen LogP contribution in [0.2, 0.25) is 0 Å². The van der Waals surface area contributed by atoms with Gasteiger partial charge in [-0.1, -0.05) is 0 Å². The van der Waals surface area contributed by atoms with Crippen LogP contribution in [0, 0.1) is 0 Å². The normalized spacial score (nSPS) is 44.1. The summed E-state index contributed by atoms with van der Waals surface area (Å²) in [5.74, 6) is -0.452. The third kappa shape index (κ3) is 2.03. The molecule has 76 valence electrons. The molecule has 2 fully saturated rings. The van der Waals surface area contributed by atoms with Crippen LogP contribution in [0.15, 0.2) is 0 Å². The number of aliphatic hydroxyl groups is 1. The van der Waals surface area contributed by atoms with Crippen molar-refractivity contribution in [3.8, 4) is 0 Å². The highest BCUT2D eigenvalue weighted by Crippen LogP contribution is 2.35. The van der Waals surface area contributed by atoms with Gasteiger partial charge in [0.2, 0.25) is 0 Å². The lowest BCUT2D eigenvalue weighted by Crippen LogP contribution is -2.24. The van der Waals surface area contributed by atoms with Crippen molar-refractivity contribution in [1.29, 1.82) is 0 Å². The fourth-order valence-electron chi connectivity index (χ4n) is 2.29. The van der Waals surface area contributed by atoms with Crippen molar-refractivity contribution in [2.75, 3.05) is 0 Å². The van der Waals surface area contributed by atoms with Gasteiger partial charge in [-0.05, 0) is 33.1 Å². The van der Waals surface area contributed by atoms with Crippen molar-refractivity contribution >= 4 is 0 Å². The average molecular weight is 186 g/mol. The Balaban J connectivity index is 2.04. The molecule has 2 rings (SSSR count). The number of ether oxygens (including phenoxy) is 2. The molecule has 0 spiro atoms. The molecule has 1 N–H and O–H groups in total. The lowest BCUT2D eigenvalue weighted by atomic mass is 10.1. The van der Waals surface area contributed by atoms with E-state index in [1.165, 1.54) is 0 Å². The van der Waals surface area contributed by atoms with E-state index in [0.717, 1.165) is 25.7 Å². The lowest BCUT2D eigenvalue weighted by Gasteiger charge is -2.18. The summed E-state index contributed by atoms with van der Waals surface area (Å²) >= 11 is 0. The molecule has 13 heavy (non-hydrogen) atoms. The molecule has 1 heterocycles. The largest absolute Gasteiger partial charge is 0.393 e. The Morgan fingerprint density at radius 1 is 1.15 bits per heavy atom. The maximum absolute atomic E-state index is 9.57. The minimum Gasteiger partial charge on any atom is -0.393 e. The Morgan fingerprint density at radius 3 is 2.62 bits per heavy atom. The van der Waals surface area contributed by atoms with Crippen molar-refractivity contribution in [2.45, 2.75) is 63.6 Å². The summed E-state index contributed by atoms with van der Waals surface area (Å²) in [4.78, 5) is 0. The Kier molecular flexibility index (Phi) is 2.34. The monoisotopic (exact) mass is 186 g/mol. The summed E-state index contributed by atoms with van der Waals surface area (Å²) in [6.45, 7) is 3.88. The Hall–Kier alpha value is -0.120. The molecule has 2 aliphatic rings. The van der Waals surface area contributed by atoms with Crippen LogP contribution in [0.25, 0.3) is 0 Å². The fraction of sp³-hybridized carbons (Fsp3) is 1.00. The van der Waals surface area contributed by atoms with Crippen molar-refractivity contribution in [3.05, 3.63) is 0 Å². The van der Waals surface area contributed by atoms with Gasteiger partial charge in [0.05, 0.1) is 18.3 Å². The zero-order valence-corrected chi connectivity index (χ0v) is 8.32. The maximum atomic E-state index is 9.57. The molecule has 0 bridgehead atoms. The molecule has 0 aromatic heterocycles. The van der Waals surface area contributed by atoms with E-state index in [2.05, 4.69) is 0 Å². The first-order valence-corrected chi connectivity index (χ1v) is 5.10. The van der Waals surface area contributed by atoms with E-state index < -0.39 is 5.79 Å². The Morgan fingerprint density at radius 2 is 1.85 bits per heavy atom. The van der Waals surface area contributed by atoms with E-state index >= 15 is 0 Å². The summed E-state index contributed by atoms with van der Waals surface area (Å²) in [7, 11) is 0. The van der Waals surface area contributed by atoms with Crippen LogP contribution < -0.4 is 0 Å². The van der Waals surface area contributed by atoms with Crippen LogP contribution in [-0.4, -0.2) is 29.2 Å². The second-order valence-electron chi connectivity index (χ2n) is 4.53. The molecule has 0 radical (unpaired) electrons. The van der Waals surface area contributed by atoms with Gasteiger partial charge in [-0.2, -0.15) is 0 Å². The van der Waals surface area contributed by atoms with Crippen LogP contribution >= 0.6 is 0 Å². The van der Waals surface area contributed by atoms with E-state index in [1.54, 1.807) is 0 Å². The molecule has 1 unspecified atom stereocenters. The smallest absolute Gasteiger partial charge is 0.163 e. The van der Waals surface area contributed by atoms with Gasteiger partial charge in [0, 0.05) is 6.42 Å². The molecule has 3 nitrogen and oxygen atoms in total.